The highest BCUT2D eigenvalue weighted by Gasteiger charge is 2.23. The van der Waals surface area contributed by atoms with Crippen molar-refractivity contribution in [2.75, 3.05) is 0 Å². The van der Waals surface area contributed by atoms with Gasteiger partial charge in [0.05, 0.1) is 5.56 Å². The van der Waals surface area contributed by atoms with Gasteiger partial charge >= 0.3 is 0 Å². The Morgan fingerprint density at radius 2 is 1.94 bits per heavy atom. The Morgan fingerprint density at radius 3 is 2.50 bits per heavy atom. The number of ketones is 1. The predicted octanol–water partition coefficient (Wildman–Crippen LogP) is 2.45. The molecule has 0 bridgehead atoms. The number of hydrogen-bond acceptors (Lipinski definition) is 2. The van der Waals surface area contributed by atoms with Crippen molar-refractivity contribution < 1.29 is 23.1 Å². The van der Waals surface area contributed by atoms with E-state index in [1.165, 1.54) is 0 Å². The Bertz CT molecular complexity index is 404. The molecule has 0 radical (unpaired) electrons. The standard InChI is InChI=1S/C11H11F3O2/c1-2-3-8(15)11(16)6-4-5-7(12)10(14)9(6)13/h4-5,8,15H,2-3H2,1H3. The number of aliphatic hydroxyl groups excluding tert-OH is 1. The van der Waals surface area contributed by atoms with Crippen LogP contribution in [0.5, 0.6) is 0 Å². The van der Waals surface area contributed by atoms with Crippen LogP contribution in [0.25, 0.3) is 0 Å². The third kappa shape index (κ3) is 2.41. The van der Waals surface area contributed by atoms with Crippen LogP contribution < -0.4 is 0 Å². The van der Waals surface area contributed by atoms with Crippen LogP contribution in [0, 0.1) is 17.5 Å². The molecule has 0 amide bonds. The van der Waals surface area contributed by atoms with Crippen molar-refractivity contribution >= 4 is 5.78 Å². The lowest BCUT2D eigenvalue weighted by Crippen LogP contribution is -2.22. The molecule has 1 N–H and O–H groups in total. The van der Waals surface area contributed by atoms with Gasteiger partial charge in [-0.2, -0.15) is 0 Å². The third-order valence-electron chi connectivity index (χ3n) is 2.17. The van der Waals surface area contributed by atoms with E-state index in [2.05, 4.69) is 0 Å². The summed E-state index contributed by atoms with van der Waals surface area (Å²) < 4.78 is 38.6. The van der Waals surface area contributed by atoms with E-state index in [0.29, 0.717) is 12.5 Å². The van der Waals surface area contributed by atoms with Gasteiger partial charge in [0.1, 0.15) is 6.10 Å². The molecule has 0 aliphatic heterocycles. The zero-order chi connectivity index (χ0) is 12.3. The van der Waals surface area contributed by atoms with E-state index in [4.69, 9.17) is 0 Å². The second-order valence-electron chi connectivity index (χ2n) is 3.39. The number of halogens is 3. The topological polar surface area (TPSA) is 37.3 Å². The first-order valence-electron chi connectivity index (χ1n) is 4.84. The van der Waals surface area contributed by atoms with Crippen LogP contribution in [0.3, 0.4) is 0 Å². The Labute approximate surface area is 90.7 Å². The molecule has 88 valence electrons. The number of hydrogen-bond donors (Lipinski definition) is 1. The second-order valence-corrected chi connectivity index (χ2v) is 3.39. The minimum atomic E-state index is -1.70. The van der Waals surface area contributed by atoms with Crippen molar-refractivity contribution in [1.82, 2.24) is 0 Å². The number of rotatable bonds is 4. The summed E-state index contributed by atoms with van der Waals surface area (Å²) in [6.45, 7) is 1.73. The maximum absolute atomic E-state index is 13.2. The number of Topliss-reactive ketones (excluding diaryl/α,β-unsaturated/α-hetero) is 1. The van der Waals surface area contributed by atoms with Gasteiger partial charge in [-0.1, -0.05) is 13.3 Å². The molecular formula is C11H11F3O2. The van der Waals surface area contributed by atoms with E-state index in [9.17, 15) is 23.1 Å². The van der Waals surface area contributed by atoms with Crippen molar-refractivity contribution in [3.63, 3.8) is 0 Å². The molecule has 0 aromatic heterocycles. The van der Waals surface area contributed by atoms with Crippen molar-refractivity contribution in [2.45, 2.75) is 25.9 Å². The van der Waals surface area contributed by atoms with Crippen molar-refractivity contribution in [2.24, 2.45) is 0 Å². The Morgan fingerprint density at radius 1 is 1.31 bits per heavy atom. The quantitative estimate of drug-likeness (QED) is 0.639. The highest BCUT2D eigenvalue weighted by molar-refractivity contribution is 5.99. The number of carbonyl (C=O) groups excluding carboxylic acids is 1. The summed E-state index contributed by atoms with van der Waals surface area (Å²) >= 11 is 0. The van der Waals surface area contributed by atoms with Gasteiger partial charge < -0.3 is 5.11 Å². The highest BCUT2D eigenvalue weighted by atomic mass is 19.2. The molecule has 1 unspecified atom stereocenters. The molecule has 2 nitrogen and oxygen atoms in total. The molecule has 0 fully saturated rings. The highest BCUT2D eigenvalue weighted by Crippen LogP contribution is 2.17. The minimum Gasteiger partial charge on any atom is -0.385 e. The fourth-order valence-electron chi connectivity index (χ4n) is 1.30. The van der Waals surface area contributed by atoms with E-state index in [1.54, 1.807) is 6.92 Å². The zero-order valence-electron chi connectivity index (χ0n) is 8.64. The van der Waals surface area contributed by atoms with Gasteiger partial charge in [0.2, 0.25) is 0 Å². The lowest BCUT2D eigenvalue weighted by Gasteiger charge is -2.09. The van der Waals surface area contributed by atoms with Crippen LogP contribution in [0.2, 0.25) is 0 Å². The number of carbonyl (C=O) groups is 1. The monoisotopic (exact) mass is 232 g/mol. The first-order chi connectivity index (χ1) is 7.49. The molecule has 1 aromatic carbocycles. The van der Waals surface area contributed by atoms with Gasteiger partial charge in [-0.05, 0) is 18.6 Å². The van der Waals surface area contributed by atoms with Gasteiger partial charge in [0.15, 0.2) is 23.2 Å². The summed E-state index contributed by atoms with van der Waals surface area (Å²) in [5, 5.41) is 9.32. The third-order valence-corrected chi connectivity index (χ3v) is 2.17. The molecule has 0 aliphatic carbocycles. The molecule has 0 saturated heterocycles. The molecule has 16 heavy (non-hydrogen) atoms. The van der Waals surface area contributed by atoms with Gasteiger partial charge in [-0.15, -0.1) is 0 Å². The summed E-state index contributed by atoms with van der Waals surface area (Å²) in [7, 11) is 0. The molecular weight excluding hydrogens is 221 g/mol. The molecule has 1 rings (SSSR count). The summed E-state index contributed by atoms with van der Waals surface area (Å²) in [5.41, 5.74) is -0.625. The first kappa shape index (κ1) is 12.7. The van der Waals surface area contributed by atoms with Crippen molar-refractivity contribution in [3.05, 3.63) is 35.1 Å². The van der Waals surface area contributed by atoms with Crippen LogP contribution in [0.15, 0.2) is 12.1 Å². The lowest BCUT2D eigenvalue weighted by molar-refractivity contribution is 0.0723. The fraction of sp³-hybridized carbons (Fsp3) is 0.364. The van der Waals surface area contributed by atoms with Crippen LogP contribution in [0.4, 0.5) is 13.2 Å². The van der Waals surface area contributed by atoms with Gasteiger partial charge in [-0.3, -0.25) is 4.79 Å². The summed E-state index contributed by atoms with van der Waals surface area (Å²) in [6.07, 6.45) is -0.709. The Kier molecular flexibility index (Phi) is 4.06. The molecule has 1 aromatic rings. The van der Waals surface area contributed by atoms with Gasteiger partial charge in [-0.25, -0.2) is 13.2 Å². The van der Waals surface area contributed by atoms with E-state index in [-0.39, 0.29) is 6.42 Å². The lowest BCUT2D eigenvalue weighted by atomic mass is 10.0. The van der Waals surface area contributed by atoms with E-state index in [0.717, 1.165) is 6.07 Å². The molecule has 1 atom stereocenters. The second kappa shape index (κ2) is 5.12. The smallest absolute Gasteiger partial charge is 0.195 e. The molecule has 0 heterocycles. The summed E-state index contributed by atoms with van der Waals surface area (Å²) in [6, 6.07) is 1.49. The SMILES string of the molecule is CCCC(O)C(=O)c1ccc(F)c(F)c1F. The van der Waals surface area contributed by atoms with Crippen LogP contribution in [-0.4, -0.2) is 17.0 Å². The van der Waals surface area contributed by atoms with Crippen molar-refractivity contribution in [3.8, 4) is 0 Å². The summed E-state index contributed by atoms with van der Waals surface area (Å²) in [5.74, 6) is -5.55. The molecule has 0 spiro atoms. The van der Waals surface area contributed by atoms with Crippen molar-refractivity contribution in [1.29, 1.82) is 0 Å². The predicted molar refractivity (Wildman–Crippen MR) is 51.6 cm³/mol. The summed E-state index contributed by atoms with van der Waals surface area (Å²) in [4.78, 5) is 11.4. The van der Waals surface area contributed by atoms with Crippen LogP contribution in [-0.2, 0) is 0 Å². The molecule has 0 aliphatic rings. The maximum Gasteiger partial charge on any atom is 0.195 e. The van der Waals surface area contributed by atoms with Gasteiger partial charge in [0.25, 0.3) is 0 Å². The minimum absolute atomic E-state index is 0.150. The maximum atomic E-state index is 13.2. The molecule has 0 saturated carbocycles. The average Bonchev–Trinajstić information content (AvgIpc) is 2.26. The Hall–Kier alpha value is -1.36. The fourth-order valence-corrected chi connectivity index (χ4v) is 1.30. The number of aliphatic hydroxyl groups is 1. The molecule has 5 heteroatoms. The normalized spacial score (nSPS) is 12.6. The number of benzene rings is 1. The van der Waals surface area contributed by atoms with E-state index >= 15 is 0 Å². The Balaban J connectivity index is 3.05. The van der Waals surface area contributed by atoms with Gasteiger partial charge in [0, 0.05) is 0 Å². The van der Waals surface area contributed by atoms with E-state index in [1.807, 2.05) is 0 Å². The van der Waals surface area contributed by atoms with Crippen LogP contribution in [0.1, 0.15) is 30.1 Å². The largest absolute Gasteiger partial charge is 0.385 e. The average molecular weight is 232 g/mol. The first-order valence-corrected chi connectivity index (χ1v) is 4.84. The van der Waals surface area contributed by atoms with E-state index < -0.39 is 34.9 Å². The van der Waals surface area contributed by atoms with Crippen LogP contribution >= 0.6 is 0 Å². The zero-order valence-corrected chi connectivity index (χ0v) is 8.64.